The molecule has 0 radical (unpaired) electrons. The monoisotopic (exact) mass is 266 g/mol. The number of hydrogen-bond acceptors (Lipinski definition) is 2. The van der Waals surface area contributed by atoms with Crippen molar-refractivity contribution in [1.82, 2.24) is 4.90 Å². The van der Waals surface area contributed by atoms with Gasteiger partial charge in [-0.05, 0) is 50.1 Å². The zero-order valence-corrected chi connectivity index (χ0v) is 13.4. The van der Waals surface area contributed by atoms with Crippen molar-refractivity contribution in [3.8, 4) is 0 Å². The minimum atomic E-state index is 0.347. The maximum Gasteiger partial charge on any atom is 0.0331 e. The Bertz CT molecular complexity index is 263. The van der Waals surface area contributed by atoms with Gasteiger partial charge in [0.05, 0.1) is 0 Å². The smallest absolute Gasteiger partial charge is 0.0331 e. The predicted molar refractivity (Wildman–Crippen MR) is 83.2 cm³/mol. The number of hydrogen-bond donors (Lipinski definition) is 1. The van der Waals surface area contributed by atoms with Crippen molar-refractivity contribution in [2.24, 2.45) is 17.1 Å². The summed E-state index contributed by atoms with van der Waals surface area (Å²) in [5.41, 5.74) is 7.04. The minimum absolute atomic E-state index is 0.347. The Morgan fingerprint density at radius 1 is 1.00 bits per heavy atom. The van der Waals surface area contributed by atoms with E-state index in [4.69, 9.17) is 5.73 Å². The van der Waals surface area contributed by atoms with Crippen molar-refractivity contribution in [3.63, 3.8) is 0 Å². The Morgan fingerprint density at radius 2 is 1.53 bits per heavy atom. The second-order valence-electron chi connectivity index (χ2n) is 7.97. The lowest BCUT2D eigenvalue weighted by molar-refractivity contribution is 0.0205. The quantitative estimate of drug-likeness (QED) is 0.770. The normalized spacial score (nSPS) is 27.2. The van der Waals surface area contributed by atoms with Gasteiger partial charge in [-0.15, -0.1) is 0 Å². The van der Waals surface area contributed by atoms with Crippen LogP contribution in [0.2, 0.25) is 0 Å². The fourth-order valence-corrected chi connectivity index (χ4v) is 4.26. The summed E-state index contributed by atoms with van der Waals surface area (Å²) in [5, 5.41) is 0. The van der Waals surface area contributed by atoms with E-state index in [1.807, 2.05) is 0 Å². The van der Waals surface area contributed by atoms with E-state index < -0.39 is 0 Å². The molecule has 2 rings (SSSR count). The molecule has 1 aliphatic heterocycles. The molecule has 0 aromatic rings. The van der Waals surface area contributed by atoms with Gasteiger partial charge >= 0.3 is 0 Å². The Hall–Kier alpha value is -0.0800. The molecular formula is C17H34N2. The van der Waals surface area contributed by atoms with Gasteiger partial charge < -0.3 is 5.73 Å². The molecule has 0 aromatic carbocycles. The molecule has 0 unspecified atom stereocenters. The summed E-state index contributed by atoms with van der Waals surface area (Å²) >= 11 is 0. The van der Waals surface area contributed by atoms with Crippen LogP contribution in [0.4, 0.5) is 0 Å². The Labute approximate surface area is 120 Å². The molecule has 0 aromatic heterocycles. The number of likely N-dealkylation sites (tertiary alicyclic amines) is 1. The SMILES string of the molecule is CC(C)(C)C1CCN(C2(CN)CCCCCC2)CC1. The van der Waals surface area contributed by atoms with Crippen LogP contribution in [0.15, 0.2) is 0 Å². The van der Waals surface area contributed by atoms with E-state index in [1.165, 1.54) is 64.5 Å². The lowest BCUT2D eigenvalue weighted by atomic mass is 9.74. The molecule has 2 nitrogen and oxygen atoms in total. The first-order valence-electron chi connectivity index (χ1n) is 8.43. The molecule has 1 aliphatic carbocycles. The molecule has 19 heavy (non-hydrogen) atoms. The molecule has 1 heterocycles. The van der Waals surface area contributed by atoms with Crippen LogP contribution < -0.4 is 5.73 Å². The molecular weight excluding hydrogens is 232 g/mol. The summed E-state index contributed by atoms with van der Waals surface area (Å²) in [5.74, 6) is 0.893. The highest BCUT2D eigenvalue weighted by Gasteiger charge is 2.39. The highest BCUT2D eigenvalue weighted by Crippen LogP contribution is 2.39. The van der Waals surface area contributed by atoms with E-state index in [9.17, 15) is 0 Å². The lowest BCUT2D eigenvalue weighted by Crippen LogP contribution is -2.56. The third-order valence-electron chi connectivity index (χ3n) is 5.80. The third-order valence-corrected chi connectivity index (χ3v) is 5.80. The minimum Gasteiger partial charge on any atom is -0.329 e. The van der Waals surface area contributed by atoms with E-state index >= 15 is 0 Å². The first-order valence-corrected chi connectivity index (χ1v) is 8.43. The van der Waals surface area contributed by atoms with Crippen molar-refractivity contribution in [3.05, 3.63) is 0 Å². The number of nitrogens with two attached hydrogens (primary N) is 1. The van der Waals surface area contributed by atoms with Gasteiger partial charge in [-0.3, -0.25) is 4.90 Å². The number of nitrogens with zero attached hydrogens (tertiary/aromatic N) is 1. The van der Waals surface area contributed by atoms with Gasteiger partial charge in [0, 0.05) is 12.1 Å². The van der Waals surface area contributed by atoms with Crippen LogP contribution in [0.25, 0.3) is 0 Å². The summed E-state index contributed by atoms with van der Waals surface area (Å²) in [6, 6.07) is 0. The molecule has 0 amide bonds. The van der Waals surface area contributed by atoms with Crippen LogP contribution >= 0.6 is 0 Å². The van der Waals surface area contributed by atoms with Crippen LogP contribution in [0.1, 0.15) is 72.1 Å². The van der Waals surface area contributed by atoms with Crippen LogP contribution in [0.5, 0.6) is 0 Å². The Balaban J connectivity index is 1.98. The highest BCUT2D eigenvalue weighted by atomic mass is 15.2. The third kappa shape index (κ3) is 3.52. The average Bonchev–Trinajstić information content (AvgIpc) is 2.64. The summed E-state index contributed by atoms with van der Waals surface area (Å²) in [6.45, 7) is 10.6. The van der Waals surface area contributed by atoms with Crippen LogP contribution in [0, 0.1) is 11.3 Å². The molecule has 2 N–H and O–H groups in total. The Kier molecular flexibility index (Phi) is 4.94. The maximum absolute atomic E-state index is 6.22. The van der Waals surface area contributed by atoms with Gasteiger partial charge in [0.2, 0.25) is 0 Å². The molecule has 2 fully saturated rings. The van der Waals surface area contributed by atoms with Crippen LogP contribution in [-0.2, 0) is 0 Å². The molecule has 1 saturated heterocycles. The van der Waals surface area contributed by atoms with Gasteiger partial charge in [-0.1, -0.05) is 46.5 Å². The molecule has 1 saturated carbocycles. The summed E-state index contributed by atoms with van der Waals surface area (Å²) in [6.07, 6.45) is 11.0. The predicted octanol–water partition coefficient (Wildman–Crippen LogP) is 3.80. The fourth-order valence-electron chi connectivity index (χ4n) is 4.26. The van der Waals surface area contributed by atoms with Crippen LogP contribution in [0.3, 0.4) is 0 Å². The first kappa shape index (κ1) is 15.3. The van der Waals surface area contributed by atoms with Crippen molar-refractivity contribution < 1.29 is 0 Å². The summed E-state index contributed by atoms with van der Waals surface area (Å²) < 4.78 is 0. The molecule has 112 valence electrons. The van der Waals surface area contributed by atoms with Crippen molar-refractivity contribution >= 4 is 0 Å². The van der Waals surface area contributed by atoms with Gasteiger partial charge in [-0.25, -0.2) is 0 Å². The van der Waals surface area contributed by atoms with Gasteiger partial charge in [-0.2, -0.15) is 0 Å². The van der Waals surface area contributed by atoms with Gasteiger partial charge in [0.25, 0.3) is 0 Å². The van der Waals surface area contributed by atoms with Crippen LogP contribution in [-0.4, -0.2) is 30.1 Å². The van der Waals surface area contributed by atoms with E-state index in [0.29, 0.717) is 11.0 Å². The topological polar surface area (TPSA) is 29.3 Å². The molecule has 2 aliphatic rings. The second kappa shape index (κ2) is 6.13. The molecule has 0 atom stereocenters. The van der Waals surface area contributed by atoms with E-state index in [2.05, 4.69) is 25.7 Å². The number of piperidine rings is 1. The molecule has 0 spiro atoms. The van der Waals surface area contributed by atoms with E-state index in [-0.39, 0.29) is 0 Å². The largest absolute Gasteiger partial charge is 0.329 e. The average molecular weight is 266 g/mol. The van der Waals surface area contributed by atoms with Crippen molar-refractivity contribution in [1.29, 1.82) is 0 Å². The fraction of sp³-hybridized carbons (Fsp3) is 1.00. The molecule has 2 heteroatoms. The summed E-state index contributed by atoms with van der Waals surface area (Å²) in [7, 11) is 0. The highest BCUT2D eigenvalue weighted by molar-refractivity contribution is 4.95. The number of rotatable bonds is 2. The van der Waals surface area contributed by atoms with E-state index in [1.54, 1.807) is 0 Å². The maximum atomic E-state index is 6.22. The standard InChI is InChI=1S/C17H34N2/c1-16(2,3)15-8-12-19(13-9-15)17(14-18)10-6-4-5-7-11-17/h15H,4-14,18H2,1-3H3. The second-order valence-corrected chi connectivity index (χ2v) is 7.97. The van der Waals surface area contributed by atoms with Crippen molar-refractivity contribution in [2.45, 2.75) is 77.7 Å². The summed E-state index contributed by atoms with van der Waals surface area (Å²) in [4.78, 5) is 2.76. The zero-order valence-electron chi connectivity index (χ0n) is 13.4. The van der Waals surface area contributed by atoms with Gasteiger partial charge in [0.15, 0.2) is 0 Å². The lowest BCUT2D eigenvalue weighted by Gasteiger charge is -2.48. The van der Waals surface area contributed by atoms with Gasteiger partial charge in [0.1, 0.15) is 0 Å². The van der Waals surface area contributed by atoms with E-state index in [0.717, 1.165) is 12.5 Å². The first-order chi connectivity index (χ1) is 8.98. The molecule has 0 bridgehead atoms. The Morgan fingerprint density at radius 3 is 1.95 bits per heavy atom. The zero-order chi connectivity index (χ0) is 13.9. The van der Waals surface area contributed by atoms with Crippen molar-refractivity contribution in [2.75, 3.05) is 19.6 Å².